The van der Waals surface area contributed by atoms with Gasteiger partial charge in [0.15, 0.2) is 0 Å². The van der Waals surface area contributed by atoms with Crippen molar-refractivity contribution in [1.29, 1.82) is 0 Å². The molecule has 2 aliphatic heterocycles. The van der Waals surface area contributed by atoms with Gasteiger partial charge in [-0.2, -0.15) is 0 Å². The summed E-state index contributed by atoms with van der Waals surface area (Å²) in [5, 5.41) is 13.9. The maximum Gasteiger partial charge on any atom is 0.271 e. The number of hydrogen-bond donors (Lipinski definition) is 1. The van der Waals surface area contributed by atoms with Crippen LogP contribution in [0.3, 0.4) is 0 Å². The van der Waals surface area contributed by atoms with Crippen LogP contribution in [-0.2, 0) is 14.5 Å². The minimum Gasteiger partial charge on any atom is -0.323 e. The van der Waals surface area contributed by atoms with Crippen molar-refractivity contribution in [2.24, 2.45) is 0 Å². The smallest absolute Gasteiger partial charge is 0.271 e. The number of nitro benzene ring substituents is 1. The van der Waals surface area contributed by atoms with E-state index in [9.17, 15) is 19.7 Å². The molecule has 9 heteroatoms. The van der Waals surface area contributed by atoms with Crippen LogP contribution in [0.1, 0.15) is 5.56 Å². The zero-order valence-corrected chi connectivity index (χ0v) is 15.0. The Balaban J connectivity index is 1.92. The first-order chi connectivity index (χ1) is 11.9. The van der Waals surface area contributed by atoms with Gasteiger partial charge in [0.2, 0.25) is 10.8 Å². The Morgan fingerprint density at radius 2 is 2.04 bits per heavy atom. The molecule has 1 N–H and O–H groups in total. The summed E-state index contributed by atoms with van der Waals surface area (Å²) in [5.74, 6) is -0.487. The molecule has 0 aliphatic carbocycles. The average molecular weight is 420 g/mol. The van der Waals surface area contributed by atoms with Gasteiger partial charge >= 0.3 is 0 Å². The van der Waals surface area contributed by atoms with Crippen LogP contribution in [0.25, 0.3) is 0 Å². The monoisotopic (exact) mass is 419 g/mol. The molecule has 0 radical (unpaired) electrons. The highest BCUT2D eigenvalue weighted by Gasteiger charge is 2.58. The Morgan fingerprint density at radius 1 is 1.24 bits per heavy atom. The minimum atomic E-state index is -1.26. The van der Waals surface area contributed by atoms with E-state index in [0.29, 0.717) is 16.9 Å². The number of fused-ring (bicyclic) bond motifs is 2. The van der Waals surface area contributed by atoms with Gasteiger partial charge < -0.3 is 5.32 Å². The van der Waals surface area contributed by atoms with Gasteiger partial charge in [-0.25, -0.2) is 0 Å². The number of nitrogens with one attached hydrogen (secondary N) is 1. The number of rotatable bonds is 2. The molecule has 126 valence electrons. The van der Waals surface area contributed by atoms with Crippen LogP contribution in [0.2, 0.25) is 0 Å². The molecule has 2 aromatic rings. The third-order valence-corrected chi connectivity index (χ3v) is 6.06. The number of nitro groups is 1. The SMILES string of the molecule is O=C1CS[C@@]2(C(=O)Nc3ccc(Br)cc32)N1c1cccc([N+](=O)[O-])c1. The first kappa shape index (κ1) is 16.1. The number of nitrogens with zero attached hydrogens (tertiary/aromatic N) is 2. The Kier molecular flexibility index (Phi) is 3.58. The fraction of sp³-hybridized carbons (Fsp3) is 0.125. The summed E-state index contributed by atoms with van der Waals surface area (Å²) in [6.45, 7) is 0. The van der Waals surface area contributed by atoms with Crippen LogP contribution >= 0.6 is 27.7 Å². The third kappa shape index (κ3) is 2.26. The standard InChI is InChI=1S/C16H10BrN3O4S/c17-9-4-5-13-12(6-9)16(15(22)18-13)19(14(21)8-25-16)10-2-1-3-11(7-10)20(23)24/h1-7H,8H2,(H,18,22)/t16-/m0/s1. The molecule has 0 aromatic heterocycles. The summed E-state index contributed by atoms with van der Waals surface area (Å²) in [4.78, 5) is 36.1. The Hall–Kier alpha value is -2.39. The largest absolute Gasteiger partial charge is 0.323 e. The second-order valence-electron chi connectivity index (χ2n) is 5.58. The molecule has 1 fully saturated rings. The molecule has 1 atom stereocenters. The zero-order valence-electron chi connectivity index (χ0n) is 12.6. The van der Waals surface area contributed by atoms with E-state index >= 15 is 0 Å². The quantitative estimate of drug-likeness (QED) is 0.595. The van der Waals surface area contributed by atoms with E-state index in [1.807, 2.05) is 0 Å². The summed E-state index contributed by atoms with van der Waals surface area (Å²) in [5.41, 5.74) is 1.48. The number of halogens is 1. The molecule has 4 rings (SSSR count). The molecule has 1 spiro atoms. The van der Waals surface area contributed by atoms with Crippen molar-refractivity contribution in [3.63, 3.8) is 0 Å². The Bertz CT molecular complexity index is 951. The maximum absolute atomic E-state index is 12.8. The maximum atomic E-state index is 12.8. The molecule has 25 heavy (non-hydrogen) atoms. The fourth-order valence-electron chi connectivity index (χ4n) is 3.14. The molecule has 2 aliphatic rings. The Labute approximate surface area is 154 Å². The minimum absolute atomic E-state index is 0.113. The van der Waals surface area contributed by atoms with Crippen molar-refractivity contribution in [1.82, 2.24) is 0 Å². The third-order valence-electron chi connectivity index (χ3n) is 4.17. The van der Waals surface area contributed by atoms with Crippen molar-refractivity contribution in [2.45, 2.75) is 4.87 Å². The highest BCUT2D eigenvalue weighted by molar-refractivity contribution is 9.10. The fourth-order valence-corrected chi connectivity index (χ4v) is 4.81. The molecule has 7 nitrogen and oxygen atoms in total. The van der Waals surface area contributed by atoms with Gasteiger partial charge in [0.25, 0.3) is 11.6 Å². The number of amides is 2. The van der Waals surface area contributed by atoms with Crippen LogP contribution in [0.4, 0.5) is 17.1 Å². The molecule has 2 aromatic carbocycles. The van der Waals surface area contributed by atoms with Crippen LogP contribution in [0, 0.1) is 10.1 Å². The molecule has 0 unspecified atom stereocenters. The highest BCUT2D eigenvalue weighted by atomic mass is 79.9. The summed E-state index contributed by atoms with van der Waals surface area (Å²) < 4.78 is 0.779. The van der Waals surface area contributed by atoms with E-state index in [-0.39, 0.29) is 23.3 Å². The lowest BCUT2D eigenvalue weighted by Crippen LogP contribution is -2.47. The van der Waals surface area contributed by atoms with E-state index in [4.69, 9.17) is 0 Å². The number of non-ortho nitro benzene ring substituents is 1. The van der Waals surface area contributed by atoms with Crippen LogP contribution in [0.15, 0.2) is 46.9 Å². The summed E-state index contributed by atoms with van der Waals surface area (Å²) in [6.07, 6.45) is 0. The number of carbonyl (C=O) groups excluding carboxylic acids is 2. The average Bonchev–Trinajstić information content (AvgIpc) is 3.07. The van der Waals surface area contributed by atoms with E-state index in [1.54, 1.807) is 24.3 Å². The zero-order chi connectivity index (χ0) is 17.8. The van der Waals surface area contributed by atoms with E-state index < -0.39 is 9.79 Å². The lowest BCUT2D eigenvalue weighted by Gasteiger charge is -2.32. The second-order valence-corrected chi connectivity index (χ2v) is 7.67. The van der Waals surface area contributed by atoms with Gasteiger partial charge in [-0.15, -0.1) is 11.8 Å². The van der Waals surface area contributed by atoms with Crippen molar-refractivity contribution in [3.8, 4) is 0 Å². The lowest BCUT2D eigenvalue weighted by molar-refractivity contribution is -0.384. The van der Waals surface area contributed by atoms with E-state index in [0.717, 1.165) is 4.47 Å². The molecule has 2 amide bonds. The number of hydrogen-bond acceptors (Lipinski definition) is 5. The first-order valence-corrected chi connectivity index (χ1v) is 9.04. The second kappa shape index (κ2) is 5.57. The van der Waals surface area contributed by atoms with Gasteiger partial charge in [0, 0.05) is 27.9 Å². The molecule has 0 bridgehead atoms. The topological polar surface area (TPSA) is 92.6 Å². The van der Waals surface area contributed by atoms with Crippen LogP contribution in [0.5, 0.6) is 0 Å². The van der Waals surface area contributed by atoms with Crippen molar-refractivity contribution in [2.75, 3.05) is 16.0 Å². The number of anilines is 2. The summed E-state index contributed by atoms with van der Waals surface area (Å²) >= 11 is 4.61. The molecule has 1 saturated heterocycles. The molecular weight excluding hydrogens is 410 g/mol. The number of benzene rings is 2. The van der Waals surface area contributed by atoms with Crippen LogP contribution < -0.4 is 10.2 Å². The van der Waals surface area contributed by atoms with Gasteiger partial charge in [-0.1, -0.05) is 22.0 Å². The summed E-state index contributed by atoms with van der Waals surface area (Å²) in [6, 6.07) is 11.1. The van der Waals surface area contributed by atoms with Crippen molar-refractivity contribution in [3.05, 3.63) is 62.6 Å². The van der Waals surface area contributed by atoms with Crippen LogP contribution in [-0.4, -0.2) is 22.5 Å². The van der Waals surface area contributed by atoms with Gasteiger partial charge in [0.1, 0.15) is 0 Å². The summed E-state index contributed by atoms with van der Waals surface area (Å²) in [7, 11) is 0. The van der Waals surface area contributed by atoms with Gasteiger partial charge in [-0.05, 0) is 24.3 Å². The van der Waals surface area contributed by atoms with E-state index in [2.05, 4.69) is 21.2 Å². The number of carbonyl (C=O) groups is 2. The van der Waals surface area contributed by atoms with Gasteiger partial charge in [-0.3, -0.25) is 24.6 Å². The highest BCUT2D eigenvalue weighted by Crippen LogP contribution is 2.54. The molecule has 0 saturated carbocycles. The molecule has 2 heterocycles. The van der Waals surface area contributed by atoms with Gasteiger partial charge in [0.05, 0.1) is 16.4 Å². The van der Waals surface area contributed by atoms with E-state index in [1.165, 1.54) is 34.9 Å². The lowest BCUT2D eigenvalue weighted by atomic mass is 10.0. The van der Waals surface area contributed by atoms with Crippen molar-refractivity contribution < 1.29 is 14.5 Å². The predicted molar refractivity (Wildman–Crippen MR) is 97.5 cm³/mol. The number of thioether (sulfide) groups is 1. The van der Waals surface area contributed by atoms with Crippen molar-refractivity contribution >= 4 is 56.6 Å². The molecular formula is C16H10BrN3O4S. The normalized spacial score (nSPS) is 21.6. The predicted octanol–water partition coefficient (Wildman–Crippen LogP) is 3.24. The first-order valence-electron chi connectivity index (χ1n) is 7.26. The Morgan fingerprint density at radius 3 is 2.80 bits per heavy atom.